The zero-order chi connectivity index (χ0) is 11.8. The van der Waals surface area contributed by atoms with Crippen LogP contribution in [0.2, 0.25) is 0 Å². The Bertz CT molecular complexity index is 366. The third kappa shape index (κ3) is 3.74. The molecule has 0 bridgehead atoms. The molecule has 0 unspecified atom stereocenters. The second-order valence-corrected chi connectivity index (χ2v) is 3.85. The number of hydrogen-bond donors (Lipinski definition) is 2. The van der Waals surface area contributed by atoms with Crippen LogP contribution in [0.4, 0.5) is 5.13 Å². The number of anilines is 1. The van der Waals surface area contributed by atoms with Crippen molar-refractivity contribution in [1.29, 1.82) is 5.26 Å². The Morgan fingerprint density at radius 1 is 1.75 bits per heavy atom. The fourth-order valence-electron chi connectivity index (χ4n) is 1.07. The molecule has 1 rings (SSSR count). The molecule has 2 N–H and O–H groups in total. The molecule has 0 saturated carbocycles. The quantitative estimate of drug-likeness (QED) is 0.340. The Morgan fingerprint density at radius 3 is 3.12 bits per heavy atom. The first-order valence-electron chi connectivity index (χ1n) is 4.74. The monoisotopic (exact) mass is 238 g/mol. The van der Waals surface area contributed by atoms with Gasteiger partial charge in [0.1, 0.15) is 0 Å². The van der Waals surface area contributed by atoms with Crippen LogP contribution in [0.3, 0.4) is 0 Å². The van der Waals surface area contributed by atoms with Gasteiger partial charge in [-0.15, -0.1) is 11.3 Å². The van der Waals surface area contributed by atoms with Gasteiger partial charge in [0.2, 0.25) is 5.96 Å². The van der Waals surface area contributed by atoms with Crippen molar-refractivity contribution in [3.05, 3.63) is 11.6 Å². The zero-order valence-corrected chi connectivity index (χ0v) is 10.1. The van der Waals surface area contributed by atoms with E-state index in [0.717, 1.165) is 11.7 Å². The lowest BCUT2D eigenvalue weighted by atomic mass is 10.5. The van der Waals surface area contributed by atoms with E-state index in [0.29, 0.717) is 12.5 Å². The molecule has 0 amide bonds. The standard InChI is InChI=1S/C9H14N6S/c1-11-8(14-7-10)12-3-5-15(2)9-13-4-6-16-9/h4,6H,3,5H2,1-2H3,(H2,11,12,14). The number of nitrogens with zero attached hydrogens (tertiary/aromatic N) is 4. The first-order valence-corrected chi connectivity index (χ1v) is 5.62. The number of aliphatic imine (C=N–C) groups is 1. The summed E-state index contributed by atoms with van der Waals surface area (Å²) < 4.78 is 0. The van der Waals surface area contributed by atoms with Crippen LogP contribution in [-0.2, 0) is 0 Å². The molecule has 0 spiro atoms. The number of thiazole rings is 1. The Balaban J connectivity index is 2.28. The van der Waals surface area contributed by atoms with Gasteiger partial charge in [0, 0.05) is 38.8 Å². The first kappa shape index (κ1) is 12.3. The maximum atomic E-state index is 8.43. The van der Waals surface area contributed by atoms with Gasteiger partial charge in [0.05, 0.1) is 0 Å². The number of aromatic nitrogens is 1. The predicted octanol–water partition coefficient (Wildman–Crippen LogP) is 0.225. The van der Waals surface area contributed by atoms with Gasteiger partial charge >= 0.3 is 0 Å². The highest BCUT2D eigenvalue weighted by atomic mass is 32.1. The van der Waals surface area contributed by atoms with Gasteiger partial charge in [-0.1, -0.05) is 0 Å². The zero-order valence-electron chi connectivity index (χ0n) is 9.27. The second-order valence-electron chi connectivity index (χ2n) is 2.97. The molecule has 1 heterocycles. The summed E-state index contributed by atoms with van der Waals surface area (Å²) >= 11 is 1.59. The molecule has 0 aliphatic heterocycles. The van der Waals surface area contributed by atoms with Crippen LogP contribution in [0.15, 0.2) is 16.6 Å². The average molecular weight is 238 g/mol. The molecule has 6 nitrogen and oxygen atoms in total. The van der Waals surface area contributed by atoms with Crippen molar-refractivity contribution in [2.24, 2.45) is 4.99 Å². The van der Waals surface area contributed by atoms with Gasteiger partial charge in [-0.05, 0) is 0 Å². The Labute approximate surface area is 98.6 Å². The van der Waals surface area contributed by atoms with Crippen LogP contribution in [0.5, 0.6) is 0 Å². The van der Waals surface area contributed by atoms with Gasteiger partial charge in [0.25, 0.3) is 0 Å². The normalized spacial score (nSPS) is 10.7. The summed E-state index contributed by atoms with van der Waals surface area (Å²) in [4.78, 5) is 10.1. The van der Waals surface area contributed by atoms with Crippen molar-refractivity contribution in [2.45, 2.75) is 0 Å². The van der Waals surface area contributed by atoms with E-state index < -0.39 is 0 Å². The summed E-state index contributed by atoms with van der Waals surface area (Å²) in [5, 5.41) is 16.8. The predicted molar refractivity (Wildman–Crippen MR) is 65.5 cm³/mol. The van der Waals surface area contributed by atoms with Gasteiger partial charge < -0.3 is 10.2 Å². The van der Waals surface area contributed by atoms with E-state index >= 15 is 0 Å². The van der Waals surface area contributed by atoms with Crippen LogP contribution in [-0.4, -0.2) is 38.1 Å². The molecule has 0 atom stereocenters. The lowest BCUT2D eigenvalue weighted by molar-refractivity contribution is 0.805. The minimum absolute atomic E-state index is 0.482. The molecule has 0 aliphatic rings. The Hall–Kier alpha value is -1.81. The highest BCUT2D eigenvalue weighted by Gasteiger charge is 2.02. The van der Waals surface area contributed by atoms with Crippen LogP contribution in [0, 0.1) is 11.5 Å². The molecule has 0 radical (unpaired) electrons. The summed E-state index contributed by atoms with van der Waals surface area (Å²) in [5.74, 6) is 0.482. The third-order valence-corrected chi connectivity index (χ3v) is 2.77. The third-order valence-electron chi connectivity index (χ3n) is 1.88. The van der Waals surface area contributed by atoms with E-state index in [9.17, 15) is 0 Å². The van der Waals surface area contributed by atoms with E-state index in [1.807, 2.05) is 23.5 Å². The van der Waals surface area contributed by atoms with Crippen molar-refractivity contribution in [2.75, 3.05) is 32.1 Å². The molecule has 86 valence electrons. The summed E-state index contributed by atoms with van der Waals surface area (Å²) in [6, 6.07) is 0. The number of rotatable bonds is 4. The fourth-order valence-corrected chi connectivity index (χ4v) is 1.71. The minimum atomic E-state index is 0.482. The molecule has 7 heteroatoms. The number of nitrogens with one attached hydrogen (secondary N) is 2. The summed E-state index contributed by atoms with van der Waals surface area (Å²) in [6.45, 7) is 1.48. The molecule has 16 heavy (non-hydrogen) atoms. The van der Waals surface area contributed by atoms with Gasteiger partial charge in [-0.3, -0.25) is 10.3 Å². The van der Waals surface area contributed by atoms with Crippen molar-refractivity contribution in [1.82, 2.24) is 15.6 Å². The summed E-state index contributed by atoms with van der Waals surface area (Å²) in [5.41, 5.74) is 0. The van der Waals surface area contributed by atoms with Crippen molar-refractivity contribution >= 4 is 22.4 Å². The molecular formula is C9H14N6S. The number of hydrogen-bond acceptors (Lipinski definition) is 5. The largest absolute Gasteiger partial charge is 0.354 e. The highest BCUT2D eigenvalue weighted by molar-refractivity contribution is 7.13. The summed E-state index contributed by atoms with van der Waals surface area (Å²) in [6.07, 6.45) is 3.60. The first-order chi connectivity index (χ1) is 7.77. The van der Waals surface area contributed by atoms with Crippen molar-refractivity contribution in [3.63, 3.8) is 0 Å². The van der Waals surface area contributed by atoms with Gasteiger partial charge in [-0.25, -0.2) is 4.98 Å². The van der Waals surface area contributed by atoms with E-state index in [1.54, 1.807) is 24.6 Å². The van der Waals surface area contributed by atoms with Crippen molar-refractivity contribution < 1.29 is 0 Å². The maximum Gasteiger partial charge on any atom is 0.204 e. The number of nitriles is 1. The minimum Gasteiger partial charge on any atom is -0.354 e. The fraction of sp³-hybridized carbons (Fsp3) is 0.444. The molecule has 1 aromatic rings. The van der Waals surface area contributed by atoms with Crippen LogP contribution < -0.4 is 15.5 Å². The topological polar surface area (TPSA) is 76.3 Å². The Morgan fingerprint density at radius 2 is 2.56 bits per heavy atom. The van der Waals surface area contributed by atoms with E-state index in [1.165, 1.54) is 0 Å². The van der Waals surface area contributed by atoms with E-state index in [-0.39, 0.29) is 0 Å². The van der Waals surface area contributed by atoms with Crippen LogP contribution in [0.1, 0.15) is 0 Å². The average Bonchev–Trinajstić information content (AvgIpc) is 2.81. The summed E-state index contributed by atoms with van der Waals surface area (Å²) in [7, 11) is 3.60. The van der Waals surface area contributed by atoms with E-state index in [2.05, 4.69) is 20.6 Å². The molecular weight excluding hydrogens is 224 g/mol. The maximum absolute atomic E-state index is 8.43. The molecule has 0 aromatic carbocycles. The molecule has 1 aromatic heterocycles. The Kier molecular flexibility index (Phi) is 5.08. The SMILES string of the molecule is CN=C(NC#N)NCCN(C)c1nccs1. The number of guanidine groups is 1. The smallest absolute Gasteiger partial charge is 0.204 e. The van der Waals surface area contributed by atoms with Crippen molar-refractivity contribution in [3.8, 4) is 6.19 Å². The molecule has 0 aliphatic carbocycles. The van der Waals surface area contributed by atoms with E-state index in [4.69, 9.17) is 5.26 Å². The number of likely N-dealkylation sites (N-methyl/N-ethyl adjacent to an activating group) is 1. The van der Waals surface area contributed by atoms with Gasteiger partial charge in [0.15, 0.2) is 11.3 Å². The lowest BCUT2D eigenvalue weighted by Gasteiger charge is -2.16. The molecule has 0 fully saturated rings. The lowest BCUT2D eigenvalue weighted by Crippen LogP contribution is -2.39. The van der Waals surface area contributed by atoms with Gasteiger partial charge in [-0.2, -0.15) is 5.26 Å². The second kappa shape index (κ2) is 6.63. The highest BCUT2D eigenvalue weighted by Crippen LogP contribution is 2.14. The molecule has 0 saturated heterocycles. The van der Waals surface area contributed by atoms with Crippen LogP contribution >= 0.6 is 11.3 Å². The van der Waals surface area contributed by atoms with Crippen LogP contribution in [0.25, 0.3) is 0 Å².